The van der Waals surface area contributed by atoms with Gasteiger partial charge in [-0.15, -0.1) is 0 Å². The molecule has 0 saturated carbocycles. The van der Waals surface area contributed by atoms with Gasteiger partial charge in [-0.25, -0.2) is 9.97 Å². The predicted molar refractivity (Wildman–Crippen MR) is 66.5 cm³/mol. The number of ether oxygens (including phenoxy) is 1. The van der Waals surface area contributed by atoms with Gasteiger partial charge in [0.2, 0.25) is 0 Å². The van der Waals surface area contributed by atoms with Crippen molar-refractivity contribution in [1.82, 2.24) is 9.97 Å². The molecule has 0 saturated heterocycles. The van der Waals surface area contributed by atoms with Crippen LogP contribution in [0.25, 0.3) is 0 Å². The summed E-state index contributed by atoms with van der Waals surface area (Å²) in [5.74, 6) is 3.80. The number of nitrogens with one attached hydrogen (secondary N) is 1. The molecule has 2 rings (SSSR count). The van der Waals surface area contributed by atoms with Crippen LogP contribution in [0.15, 0.2) is 0 Å². The molecule has 0 amide bonds. The summed E-state index contributed by atoms with van der Waals surface area (Å²) in [5, 5.41) is 3.37. The number of thioether (sulfide) groups is 1. The van der Waals surface area contributed by atoms with Gasteiger partial charge in [-0.2, -0.15) is 11.8 Å². The molecule has 0 bridgehead atoms. The summed E-state index contributed by atoms with van der Waals surface area (Å²) in [5.41, 5.74) is 2.45. The molecule has 1 aliphatic heterocycles. The maximum Gasteiger partial charge on any atom is 0.156 e. The Hall–Kier alpha value is -0.810. The maximum atomic E-state index is 5.09. The summed E-state index contributed by atoms with van der Waals surface area (Å²) in [4.78, 5) is 9.03. The van der Waals surface area contributed by atoms with E-state index < -0.39 is 0 Å². The zero-order valence-electron chi connectivity index (χ0n) is 9.75. The van der Waals surface area contributed by atoms with Crippen molar-refractivity contribution in [2.45, 2.75) is 31.5 Å². The third kappa shape index (κ3) is 2.47. The van der Waals surface area contributed by atoms with Gasteiger partial charge >= 0.3 is 0 Å². The Morgan fingerprint density at radius 2 is 2.25 bits per heavy atom. The summed E-state index contributed by atoms with van der Waals surface area (Å²) in [6.45, 7) is 3.60. The highest BCUT2D eigenvalue weighted by molar-refractivity contribution is 7.98. The average Bonchev–Trinajstić information content (AvgIpc) is 2.74. The predicted octanol–water partition coefficient (Wildman–Crippen LogP) is 2.19. The average molecular weight is 239 g/mol. The van der Waals surface area contributed by atoms with E-state index in [-0.39, 0.29) is 0 Å². The standard InChI is InChI=1S/C11H17N3OS/c1-3-4-12-11-8-6-16-7-9(8)13-10(14-11)5-15-2/h3-7H2,1-2H3,(H,12,13,14). The molecule has 1 N–H and O–H groups in total. The van der Waals surface area contributed by atoms with Gasteiger partial charge in [0.05, 0.1) is 5.69 Å². The number of hydrogen-bond donors (Lipinski definition) is 1. The monoisotopic (exact) mass is 239 g/mol. The number of fused-ring (bicyclic) bond motifs is 1. The topological polar surface area (TPSA) is 47.0 Å². The Labute approximate surface area is 100 Å². The Kier molecular flexibility index (Phi) is 4.01. The van der Waals surface area contributed by atoms with Crippen LogP contribution in [-0.2, 0) is 22.8 Å². The fourth-order valence-corrected chi connectivity index (χ4v) is 2.73. The van der Waals surface area contributed by atoms with Gasteiger partial charge < -0.3 is 10.1 Å². The molecule has 4 nitrogen and oxygen atoms in total. The molecule has 0 unspecified atom stereocenters. The van der Waals surface area contributed by atoms with Gasteiger partial charge in [0.1, 0.15) is 12.4 Å². The van der Waals surface area contributed by atoms with E-state index in [1.165, 1.54) is 11.3 Å². The number of aromatic nitrogens is 2. The summed E-state index contributed by atoms with van der Waals surface area (Å²) < 4.78 is 5.09. The molecule has 88 valence electrons. The number of hydrogen-bond acceptors (Lipinski definition) is 5. The van der Waals surface area contributed by atoms with Crippen LogP contribution in [-0.4, -0.2) is 23.6 Å². The van der Waals surface area contributed by atoms with Crippen molar-refractivity contribution in [1.29, 1.82) is 0 Å². The zero-order chi connectivity index (χ0) is 11.4. The van der Waals surface area contributed by atoms with Gasteiger partial charge in [0.15, 0.2) is 5.82 Å². The lowest BCUT2D eigenvalue weighted by atomic mass is 10.2. The summed E-state index contributed by atoms with van der Waals surface area (Å²) >= 11 is 1.89. The van der Waals surface area contributed by atoms with Gasteiger partial charge in [-0.3, -0.25) is 0 Å². The van der Waals surface area contributed by atoms with Crippen LogP contribution < -0.4 is 5.32 Å². The second-order valence-corrected chi connectivity index (χ2v) is 4.75. The van der Waals surface area contributed by atoms with Crippen LogP contribution in [0, 0.1) is 0 Å². The normalized spacial score (nSPS) is 13.9. The van der Waals surface area contributed by atoms with Crippen LogP contribution >= 0.6 is 11.8 Å². The van der Waals surface area contributed by atoms with Crippen LogP contribution in [0.2, 0.25) is 0 Å². The van der Waals surface area contributed by atoms with Crippen molar-refractivity contribution < 1.29 is 4.74 Å². The SMILES string of the molecule is CCCNc1nc(COC)nc2c1CSC2. The largest absolute Gasteiger partial charge is 0.377 e. The van der Waals surface area contributed by atoms with Crippen molar-refractivity contribution >= 4 is 17.6 Å². The molecule has 1 aliphatic rings. The molecule has 0 aromatic carbocycles. The van der Waals surface area contributed by atoms with E-state index in [2.05, 4.69) is 22.2 Å². The third-order valence-corrected chi connectivity index (χ3v) is 3.41. The number of nitrogens with zero attached hydrogens (tertiary/aromatic N) is 2. The molecule has 16 heavy (non-hydrogen) atoms. The maximum absolute atomic E-state index is 5.09. The van der Waals surface area contributed by atoms with Crippen molar-refractivity contribution in [3.05, 3.63) is 17.1 Å². The number of anilines is 1. The second kappa shape index (κ2) is 5.50. The van der Waals surface area contributed by atoms with Crippen LogP contribution in [0.4, 0.5) is 5.82 Å². The van der Waals surface area contributed by atoms with Crippen molar-refractivity contribution in [3.8, 4) is 0 Å². The molecule has 0 fully saturated rings. The molecule has 1 aromatic heterocycles. The minimum Gasteiger partial charge on any atom is -0.377 e. The first-order chi connectivity index (χ1) is 7.85. The first-order valence-corrected chi connectivity index (χ1v) is 6.69. The smallest absolute Gasteiger partial charge is 0.156 e. The third-order valence-electron chi connectivity index (χ3n) is 2.44. The number of methoxy groups -OCH3 is 1. The second-order valence-electron chi connectivity index (χ2n) is 3.77. The van der Waals surface area contributed by atoms with Crippen molar-refractivity contribution in [2.24, 2.45) is 0 Å². The van der Waals surface area contributed by atoms with E-state index in [0.717, 1.165) is 36.1 Å². The Balaban J connectivity index is 2.25. The highest BCUT2D eigenvalue weighted by atomic mass is 32.2. The van der Waals surface area contributed by atoms with E-state index in [4.69, 9.17) is 4.74 Å². The van der Waals surface area contributed by atoms with Gasteiger partial charge in [-0.05, 0) is 6.42 Å². The van der Waals surface area contributed by atoms with Gasteiger partial charge in [0, 0.05) is 30.7 Å². The van der Waals surface area contributed by atoms with Crippen molar-refractivity contribution in [3.63, 3.8) is 0 Å². The minimum absolute atomic E-state index is 0.485. The molecule has 2 heterocycles. The highest BCUT2D eigenvalue weighted by Gasteiger charge is 2.19. The van der Waals surface area contributed by atoms with Crippen LogP contribution in [0.3, 0.4) is 0 Å². The number of rotatable bonds is 5. The lowest BCUT2D eigenvalue weighted by Crippen LogP contribution is -2.10. The highest BCUT2D eigenvalue weighted by Crippen LogP contribution is 2.32. The van der Waals surface area contributed by atoms with E-state index in [9.17, 15) is 0 Å². The summed E-state index contributed by atoms with van der Waals surface area (Å²) in [7, 11) is 1.67. The van der Waals surface area contributed by atoms with Gasteiger partial charge in [-0.1, -0.05) is 6.92 Å². The molecule has 0 spiro atoms. The Morgan fingerprint density at radius 1 is 1.38 bits per heavy atom. The van der Waals surface area contributed by atoms with Crippen molar-refractivity contribution in [2.75, 3.05) is 19.0 Å². The molecular weight excluding hydrogens is 222 g/mol. The van der Waals surface area contributed by atoms with E-state index in [0.29, 0.717) is 6.61 Å². The fourth-order valence-electron chi connectivity index (χ4n) is 1.69. The first kappa shape index (κ1) is 11.7. The Morgan fingerprint density at radius 3 is 3.00 bits per heavy atom. The minimum atomic E-state index is 0.485. The molecule has 0 radical (unpaired) electrons. The summed E-state index contributed by atoms with van der Waals surface area (Å²) in [6, 6.07) is 0. The lowest BCUT2D eigenvalue weighted by molar-refractivity contribution is 0.177. The van der Waals surface area contributed by atoms with E-state index >= 15 is 0 Å². The van der Waals surface area contributed by atoms with Gasteiger partial charge in [0.25, 0.3) is 0 Å². The zero-order valence-corrected chi connectivity index (χ0v) is 10.6. The quantitative estimate of drug-likeness (QED) is 0.853. The molecule has 5 heteroatoms. The first-order valence-electron chi connectivity index (χ1n) is 5.54. The van der Waals surface area contributed by atoms with Crippen LogP contribution in [0.1, 0.15) is 30.4 Å². The van der Waals surface area contributed by atoms with E-state index in [1.54, 1.807) is 7.11 Å². The molecule has 0 atom stereocenters. The fraction of sp³-hybridized carbons (Fsp3) is 0.636. The van der Waals surface area contributed by atoms with Crippen LogP contribution in [0.5, 0.6) is 0 Å². The van der Waals surface area contributed by atoms with E-state index in [1.807, 2.05) is 11.8 Å². The molecule has 1 aromatic rings. The molecular formula is C11H17N3OS. The summed E-state index contributed by atoms with van der Waals surface area (Å²) in [6.07, 6.45) is 1.10. The lowest BCUT2D eigenvalue weighted by Gasteiger charge is -2.10. The molecule has 0 aliphatic carbocycles. The Bertz CT molecular complexity index is 370.